The second-order valence-electron chi connectivity index (χ2n) is 3.82. The Kier molecular flexibility index (Phi) is 5.02. The van der Waals surface area contributed by atoms with Crippen molar-refractivity contribution >= 4 is 5.97 Å². The van der Waals surface area contributed by atoms with Gasteiger partial charge in [-0.15, -0.1) is 0 Å². The molecular formula is C12H13F3O4. The number of methoxy groups -OCH3 is 1. The number of halogens is 3. The Bertz CT molecular complexity index is 461. The maximum absolute atomic E-state index is 13.6. The predicted molar refractivity (Wildman–Crippen MR) is 60.1 cm³/mol. The molecule has 0 heterocycles. The molecule has 106 valence electrons. The maximum Gasteiger partial charge on any atom is 0.387 e. The Hall–Kier alpha value is -1.92. The SMILES string of the molecule is COC(=O)c1cc(OC(C)C)c(OC(F)F)cc1F. The van der Waals surface area contributed by atoms with E-state index in [4.69, 9.17) is 4.74 Å². The van der Waals surface area contributed by atoms with E-state index in [0.717, 1.165) is 13.2 Å². The summed E-state index contributed by atoms with van der Waals surface area (Å²) in [5.74, 6) is -2.60. The first-order valence-corrected chi connectivity index (χ1v) is 5.38. The van der Waals surface area contributed by atoms with Gasteiger partial charge >= 0.3 is 12.6 Å². The summed E-state index contributed by atoms with van der Waals surface area (Å²) >= 11 is 0. The summed E-state index contributed by atoms with van der Waals surface area (Å²) in [6.45, 7) is 0.165. The highest BCUT2D eigenvalue weighted by atomic mass is 19.3. The van der Waals surface area contributed by atoms with Gasteiger partial charge in [-0.1, -0.05) is 0 Å². The fourth-order valence-corrected chi connectivity index (χ4v) is 1.34. The molecule has 0 saturated carbocycles. The molecule has 0 unspecified atom stereocenters. The number of carbonyl (C=O) groups excluding carboxylic acids is 1. The first-order chi connectivity index (χ1) is 8.85. The van der Waals surface area contributed by atoms with Crippen molar-refractivity contribution in [1.29, 1.82) is 0 Å². The number of hydrogen-bond acceptors (Lipinski definition) is 4. The largest absolute Gasteiger partial charge is 0.487 e. The lowest BCUT2D eigenvalue weighted by atomic mass is 10.2. The van der Waals surface area contributed by atoms with E-state index in [1.807, 2.05) is 0 Å². The molecule has 0 aliphatic carbocycles. The number of alkyl halides is 2. The summed E-state index contributed by atoms with van der Waals surface area (Å²) in [6, 6.07) is 1.63. The molecule has 0 aliphatic heterocycles. The van der Waals surface area contributed by atoms with Crippen molar-refractivity contribution in [3.05, 3.63) is 23.5 Å². The summed E-state index contributed by atoms with van der Waals surface area (Å²) < 4.78 is 51.7. The first kappa shape index (κ1) is 15.1. The second-order valence-corrected chi connectivity index (χ2v) is 3.82. The summed E-state index contributed by atoms with van der Waals surface area (Å²) in [6.07, 6.45) is -0.365. The number of benzene rings is 1. The smallest absolute Gasteiger partial charge is 0.387 e. The van der Waals surface area contributed by atoms with Gasteiger partial charge in [0.2, 0.25) is 0 Å². The van der Waals surface area contributed by atoms with Crippen LogP contribution in [0.2, 0.25) is 0 Å². The van der Waals surface area contributed by atoms with Crippen molar-refractivity contribution in [3.63, 3.8) is 0 Å². The Morgan fingerprint density at radius 2 is 1.74 bits per heavy atom. The third-order valence-corrected chi connectivity index (χ3v) is 2.02. The molecule has 0 atom stereocenters. The van der Waals surface area contributed by atoms with Crippen molar-refractivity contribution < 1.29 is 32.2 Å². The van der Waals surface area contributed by atoms with E-state index >= 15 is 0 Å². The third-order valence-electron chi connectivity index (χ3n) is 2.02. The summed E-state index contributed by atoms with van der Waals surface area (Å²) in [5, 5.41) is 0. The van der Waals surface area contributed by atoms with Gasteiger partial charge in [-0.25, -0.2) is 9.18 Å². The number of hydrogen-bond donors (Lipinski definition) is 0. The van der Waals surface area contributed by atoms with Crippen molar-refractivity contribution in [1.82, 2.24) is 0 Å². The van der Waals surface area contributed by atoms with Gasteiger partial charge in [-0.3, -0.25) is 0 Å². The van der Waals surface area contributed by atoms with Crippen LogP contribution in [-0.4, -0.2) is 25.8 Å². The second kappa shape index (κ2) is 6.31. The van der Waals surface area contributed by atoms with Crippen molar-refractivity contribution in [2.75, 3.05) is 7.11 Å². The molecule has 0 N–H and O–H groups in total. The van der Waals surface area contributed by atoms with Crippen LogP contribution in [0, 0.1) is 5.82 Å². The van der Waals surface area contributed by atoms with Crippen LogP contribution < -0.4 is 9.47 Å². The van der Waals surface area contributed by atoms with Gasteiger partial charge in [0.05, 0.1) is 18.8 Å². The average Bonchev–Trinajstić information content (AvgIpc) is 2.30. The van der Waals surface area contributed by atoms with Crippen LogP contribution in [0.15, 0.2) is 12.1 Å². The molecule has 0 aliphatic rings. The molecule has 4 nitrogen and oxygen atoms in total. The molecule has 0 fully saturated rings. The zero-order chi connectivity index (χ0) is 14.6. The number of rotatable bonds is 5. The topological polar surface area (TPSA) is 44.8 Å². The van der Waals surface area contributed by atoms with Crippen molar-refractivity contribution in [2.24, 2.45) is 0 Å². The standard InChI is InChI=1S/C12H13F3O4/c1-6(2)18-9-4-7(11(16)17-3)8(13)5-10(9)19-12(14)15/h4-6,12H,1-3H3. The van der Waals surface area contributed by atoms with Gasteiger partial charge < -0.3 is 14.2 Å². The van der Waals surface area contributed by atoms with Gasteiger partial charge in [0.1, 0.15) is 5.82 Å². The van der Waals surface area contributed by atoms with Crippen LogP contribution in [0.3, 0.4) is 0 Å². The van der Waals surface area contributed by atoms with Crippen molar-refractivity contribution in [2.45, 2.75) is 26.6 Å². The van der Waals surface area contributed by atoms with Crippen LogP contribution in [-0.2, 0) is 4.74 Å². The minimum absolute atomic E-state index is 0.155. The highest BCUT2D eigenvalue weighted by Gasteiger charge is 2.20. The number of carbonyl (C=O) groups is 1. The van der Waals surface area contributed by atoms with E-state index in [1.165, 1.54) is 0 Å². The van der Waals surface area contributed by atoms with E-state index in [2.05, 4.69) is 9.47 Å². The lowest BCUT2D eigenvalue weighted by molar-refractivity contribution is -0.0520. The molecule has 7 heteroatoms. The average molecular weight is 278 g/mol. The van der Waals surface area contributed by atoms with E-state index in [0.29, 0.717) is 6.07 Å². The summed E-state index contributed by atoms with van der Waals surface area (Å²) in [4.78, 5) is 11.3. The van der Waals surface area contributed by atoms with Crippen LogP contribution in [0.1, 0.15) is 24.2 Å². The van der Waals surface area contributed by atoms with E-state index < -0.39 is 29.7 Å². The molecule has 0 spiro atoms. The van der Waals surface area contributed by atoms with Gasteiger partial charge in [0, 0.05) is 12.1 Å². The van der Waals surface area contributed by atoms with Crippen LogP contribution in [0.25, 0.3) is 0 Å². The highest BCUT2D eigenvalue weighted by Crippen LogP contribution is 2.32. The fourth-order valence-electron chi connectivity index (χ4n) is 1.34. The minimum atomic E-state index is -3.13. The molecule has 19 heavy (non-hydrogen) atoms. The molecule has 0 aromatic heterocycles. The summed E-state index contributed by atoms with van der Waals surface area (Å²) in [5.41, 5.74) is -0.417. The molecule has 0 saturated heterocycles. The fraction of sp³-hybridized carbons (Fsp3) is 0.417. The quantitative estimate of drug-likeness (QED) is 0.777. The molecule has 1 aromatic rings. The molecule has 0 radical (unpaired) electrons. The molecule has 1 rings (SSSR count). The van der Waals surface area contributed by atoms with Crippen LogP contribution >= 0.6 is 0 Å². The zero-order valence-electron chi connectivity index (χ0n) is 10.6. The Labute approximate surface area is 108 Å². The zero-order valence-corrected chi connectivity index (χ0v) is 10.6. The molecular weight excluding hydrogens is 265 g/mol. The molecule has 0 amide bonds. The monoisotopic (exact) mass is 278 g/mol. The predicted octanol–water partition coefficient (Wildman–Crippen LogP) is 3.00. The lowest BCUT2D eigenvalue weighted by Crippen LogP contribution is -2.12. The molecule has 0 bridgehead atoms. The van der Waals surface area contributed by atoms with Crippen molar-refractivity contribution in [3.8, 4) is 11.5 Å². The van der Waals surface area contributed by atoms with Gasteiger partial charge in [0.25, 0.3) is 0 Å². The third kappa shape index (κ3) is 4.04. The maximum atomic E-state index is 13.6. The lowest BCUT2D eigenvalue weighted by Gasteiger charge is -2.15. The molecule has 1 aromatic carbocycles. The first-order valence-electron chi connectivity index (χ1n) is 5.38. The highest BCUT2D eigenvalue weighted by molar-refractivity contribution is 5.90. The normalized spacial score (nSPS) is 10.7. The minimum Gasteiger partial charge on any atom is -0.487 e. The van der Waals surface area contributed by atoms with Gasteiger partial charge in [-0.05, 0) is 13.8 Å². The Morgan fingerprint density at radius 1 is 1.16 bits per heavy atom. The Morgan fingerprint density at radius 3 is 2.21 bits per heavy atom. The summed E-state index contributed by atoms with van der Waals surface area (Å²) in [7, 11) is 1.08. The van der Waals surface area contributed by atoms with E-state index in [1.54, 1.807) is 13.8 Å². The van der Waals surface area contributed by atoms with Crippen LogP contribution in [0.4, 0.5) is 13.2 Å². The van der Waals surface area contributed by atoms with Crippen LogP contribution in [0.5, 0.6) is 11.5 Å². The van der Waals surface area contributed by atoms with Gasteiger partial charge in [0.15, 0.2) is 11.5 Å². The Balaban J connectivity index is 3.23. The number of ether oxygens (including phenoxy) is 3. The van der Waals surface area contributed by atoms with E-state index in [-0.39, 0.29) is 11.9 Å². The number of esters is 1. The van der Waals surface area contributed by atoms with E-state index in [9.17, 15) is 18.0 Å². The van der Waals surface area contributed by atoms with Gasteiger partial charge in [-0.2, -0.15) is 8.78 Å².